The average Bonchev–Trinajstić information content (AvgIpc) is 3.19. The van der Waals surface area contributed by atoms with Crippen molar-refractivity contribution >= 4 is 17.7 Å². The third kappa shape index (κ3) is 6.35. The van der Waals surface area contributed by atoms with Crippen LogP contribution in [-0.4, -0.2) is 37.4 Å². The summed E-state index contributed by atoms with van der Waals surface area (Å²) in [5, 5.41) is 3.52. The maximum Gasteiger partial charge on any atom is 0.189 e. The van der Waals surface area contributed by atoms with Gasteiger partial charge in [-0.2, -0.15) is 0 Å². The first-order chi connectivity index (χ1) is 11.2. The Morgan fingerprint density at radius 2 is 2.43 bits per heavy atom. The van der Waals surface area contributed by atoms with E-state index in [0.717, 1.165) is 36.4 Å². The molecule has 4 N–H and O–H groups in total. The molecule has 0 aromatic carbocycles. The third-order valence-electron chi connectivity index (χ3n) is 3.31. The van der Waals surface area contributed by atoms with Crippen molar-refractivity contribution in [2.24, 2.45) is 17.8 Å². The number of guanidine groups is 1. The zero-order valence-electron chi connectivity index (χ0n) is 13.7. The van der Waals surface area contributed by atoms with Crippen LogP contribution in [0.15, 0.2) is 30.0 Å². The van der Waals surface area contributed by atoms with Crippen LogP contribution in [0.4, 0.5) is 0 Å². The fourth-order valence-electron chi connectivity index (χ4n) is 2.09. The van der Waals surface area contributed by atoms with Crippen molar-refractivity contribution in [1.82, 2.24) is 24.8 Å². The second-order valence-corrected chi connectivity index (χ2v) is 6.52. The highest BCUT2D eigenvalue weighted by atomic mass is 32.2. The van der Waals surface area contributed by atoms with Gasteiger partial charge < -0.3 is 20.6 Å². The summed E-state index contributed by atoms with van der Waals surface area (Å²) in [6, 6.07) is 0. The minimum absolute atomic E-state index is 0.244. The normalized spacial score (nSPS) is 13.2. The SMILES string of the molecule is CCC(NC(N)=NCCCc1cnc[nH]1)SCc1cn(C)cn1. The van der Waals surface area contributed by atoms with Crippen molar-refractivity contribution in [3.63, 3.8) is 0 Å². The number of nitrogens with zero attached hydrogens (tertiary/aromatic N) is 4. The molecule has 7 nitrogen and oxygen atoms in total. The number of thioether (sulfide) groups is 1. The van der Waals surface area contributed by atoms with E-state index in [4.69, 9.17) is 5.73 Å². The predicted octanol–water partition coefficient (Wildman–Crippen LogP) is 1.65. The Hall–Kier alpha value is -1.96. The van der Waals surface area contributed by atoms with E-state index in [1.165, 1.54) is 0 Å². The number of nitrogens with two attached hydrogens (primary N) is 1. The molecule has 23 heavy (non-hydrogen) atoms. The molecule has 0 aliphatic carbocycles. The van der Waals surface area contributed by atoms with Gasteiger partial charge in [0.25, 0.3) is 0 Å². The molecule has 2 aromatic rings. The molecule has 0 radical (unpaired) electrons. The molecule has 2 aromatic heterocycles. The van der Waals surface area contributed by atoms with Crippen molar-refractivity contribution in [2.45, 2.75) is 37.3 Å². The summed E-state index contributed by atoms with van der Waals surface area (Å²) in [6.07, 6.45) is 10.2. The van der Waals surface area contributed by atoms with Crippen LogP contribution >= 0.6 is 11.8 Å². The molecule has 0 saturated carbocycles. The lowest BCUT2D eigenvalue weighted by molar-refractivity contribution is 0.758. The zero-order chi connectivity index (χ0) is 16.5. The molecular weight excluding hydrogens is 310 g/mol. The summed E-state index contributed by atoms with van der Waals surface area (Å²) in [7, 11) is 1.98. The summed E-state index contributed by atoms with van der Waals surface area (Å²) in [5.74, 6) is 1.37. The van der Waals surface area contributed by atoms with Crippen molar-refractivity contribution in [3.05, 3.63) is 36.4 Å². The van der Waals surface area contributed by atoms with Gasteiger partial charge in [0.15, 0.2) is 5.96 Å². The van der Waals surface area contributed by atoms with Gasteiger partial charge in [0.05, 0.1) is 23.7 Å². The lowest BCUT2D eigenvalue weighted by Gasteiger charge is -2.16. The molecule has 126 valence electrons. The number of rotatable bonds is 9. The van der Waals surface area contributed by atoms with Crippen molar-refractivity contribution < 1.29 is 0 Å². The smallest absolute Gasteiger partial charge is 0.189 e. The van der Waals surface area contributed by atoms with E-state index in [9.17, 15) is 0 Å². The van der Waals surface area contributed by atoms with Crippen LogP contribution < -0.4 is 11.1 Å². The van der Waals surface area contributed by atoms with Crippen LogP contribution in [-0.2, 0) is 19.2 Å². The van der Waals surface area contributed by atoms with E-state index in [0.29, 0.717) is 12.5 Å². The fraction of sp³-hybridized carbons (Fsp3) is 0.533. The highest BCUT2D eigenvalue weighted by molar-refractivity contribution is 7.99. The van der Waals surface area contributed by atoms with E-state index in [-0.39, 0.29) is 5.37 Å². The molecule has 0 bridgehead atoms. The van der Waals surface area contributed by atoms with E-state index in [1.807, 2.05) is 30.3 Å². The number of hydrogen-bond acceptors (Lipinski definition) is 4. The number of aliphatic imine (C=N–C) groups is 1. The number of aryl methyl sites for hydroxylation is 2. The Kier molecular flexibility index (Phi) is 6.99. The van der Waals surface area contributed by atoms with E-state index in [1.54, 1.807) is 18.1 Å². The summed E-state index contributed by atoms with van der Waals surface area (Å²) in [5.41, 5.74) is 8.17. The molecule has 0 aliphatic rings. The Morgan fingerprint density at radius 3 is 3.09 bits per heavy atom. The second kappa shape index (κ2) is 9.24. The third-order valence-corrected chi connectivity index (χ3v) is 4.63. The molecule has 1 atom stereocenters. The van der Waals surface area contributed by atoms with Gasteiger partial charge in [-0.1, -0.05) is 6.92 Å². The summed E-state index contributed by atoms with van der Waals surface area (Å²) < 4.78 is 1.96. The standard InChI is InChI=1S/C15H25N7S/c1-3-14(23-9-13-8-22(2)11-20-13)21-15(16)18-6-4-5-12-7-17-10-19-12/h7-8,10-11,14H,3-6,9H2,1-2H3,(H,17,19)(H3,16,18,21). The van der Waals surface area contributed by atoms with Crippen LogP contribution in [0.1, 0.15) is 31.2 Å². The number of imidazole rings is 2. The van der Waals surface area contributed by atoms with Gasteiger partial charge in [0.1, 0.15) is 0 Å². The Balaban J connectivity index is 1.68. The zero-order valence-corrected chi connectivity index (χ0v) is 14.5. The van der Waals surface area contributed by atoms with Crippen LogP contribution in [0.3, 0.4) is 0 Å². The maximum atomic E-state index is 5.97. The first kappa shape index (κ1) is 17.4. The second-order valence-electron chi connectivity index (χ2n) is 5.33. The van der Waals surface area contributed by atoms with E-state index >= 15 is 0 Å². The highest BCUT2D eigenvalue weighted by Crippen LogP contribution is 2.17. The molecule has 0 spiro atoms. The van der Waals surface area contributed by atoms with E-state index in [2.05, 4.69) is 32.2 Å². The van der Waals surface area contributed by atoms with Gasteiger partial charge in [-0.3, -0.25) is 4.99 Å². The van der Waals surface area contributed by atoms with Crippen LogP contribution in [0.5, 0.6) is 0 Å². The van der Waals surface area contributed by atoms with Crippen molar-refractivity contribution in [2.75, 3.05) is 6.54 Å². The number of aromatic nitrogens is 4. The Labute approximate surface area is 141 Å². The van der Waals surface area contributed by atoms with Crippen LogP contribution in [0.2, 0.25) is 0 Å². The highest BCUT2D eigenvalue weighted by Gasteiger charge is 2.08. The molecule has 1 unspecified atom stereocenters. The molecule has 8 heteroatoms. The molecule has 0 amide bonds. The van der Waals surface area contributed by atoms with Crippen molar-refractivity contribution in [3.8, 4) is 0 Å². The van der Waals surface area contributed by atoms with Gasteiger partial charge in [-0.15, -0.1) is 11.8 Å². The fourth-order valence-corrected chi connectivity index (χ4v) is 3.05. The minimum atomic E-state index is 0.244. The van der Waals surface area contributed by atoms with Crippen LogP contribution in [0.25, 0.3) is 0 Å². The quantitative estimate of drug-likeness (QED) is 0.280. The Morgan fingerprint density at radius 1 is 1.57 bits per heavy atom. The first-order valence-electron chi connectivity index (χ1n) is 7.79. The molecule has 2 rings (SSSR count). The van der Waals surface area contributed by atoms with Gasteiger partial charge in [-0.05, 0) is 19.3 Å². The van der Waals surface area contributed by atoms with Gasteiger partial charge in [0.2, 0.25) is 0 Å². The van der Waals surface area contributed by atoms with Gasteiger partial charge in [-0.25, -0.2) is 9.97 Å². The minimum Gasteiger partial charge on any atom is -0.370 e. The number of aromatic amines is 1. The average molecular weight is 335 g/mol. The number of hydrogen-bond donors (Lipinski definition) is 3. The molecule has 0 aliphatic heterocycles. The van der Waals surface area contributed by atoms with Crippen molar-refractivity contribution in [1.29, 1.82) is 0 Å². The Bertz CT molecular complexity index is 591. The maximum absolute atomic E-state index is 5.97. The topological polar surface area (TPSA) is 96.9 Å². The number of H-pyrrole nitrogens is 1. The molecule has 0 fully saturated rings. The summed E-state index contributed by atoms with van der Waals surface area (Å²) >= 11 is 1.79. The molecular formula is C15H25N7S. The first-order valence-corrected chi connectivity index (χ1v) is 8.84. The molecule has 2 heterocycles. The lowest BCUT2D eigenvalue weighted by Crippen LogP contribution is -2.38. The van der Waals surface area contributed by atoms with Gasteiger partial charge in [0, 0.05) is 37.4 Å². The van der Waals surface area contributed by atoms with E-state index < -0.39 is 0 Å². The number of nitrogens with one attached hydrogen (secondary N) is 2. The lowest BCUT2D eigenvalue weighted by atomic mass is 10.2. The van der Waals surface area contributed by atoms with Crippen LogP contribution in [0, 0.1) is 0 Å². The summed E-state index contributed by atoms with van der Waals surface area (Å²) in [4.78, 5) is 15.8. The van der Waals surface area contributed by atoms with Gasteiger partial charge >= 0.3 is 0 Å². The largest absolute Gasteiger partial charge is 0.370 e. The molecule has 0 saturated heterocycles. The predicted molar refractivity (Wildman–Crippen MR) is 95.1 cm³/mol. The monoisotopic (exact) mass is 335 g/mol. The summed E-state index contributed by atoms with van der Waals surface area (Å²) in [6.45, 7) is 2.84.